The molecule has 1 saturated heterocycles. The number of nitrogens with zero attached hydrogens (tertiary/aromatic N) is 2. The predicted octanol–water partition coefficient (Wildman–Crippen LogP) is 2.46. The Morgan fingerprint density at radius 2 is 1.92 bits per heavy atom. The average molecular weight is 331 g/mol. The fourth-order valence-electron chi connectivity index (χ4n) is 3.90. The van der Waals surface area contributed by atoms with Crippen molar-refractivity contribution in [1.29, 1.82) is 0 Å². The van der Waals surface area contributed by atoms with Crippen LogP contribution in [0.25, 0.3) is 0 Å². The standard InChI is InChI=1S/C18H25N3O3/c22-17(15-10-16(24-20-15)12-6-7-12)19-14-8-9-21(11-14)18(23)13-4-2-1-3-5-13/h10,12-14H,1-9,11H2,(H,19,22)/t14-/m0/s1. The first-order valence-electron chi connectivity index (χ1n) is 9.27. The Labute approximate surface area is 141 Å². The summed E-state index contributed by atoms with van der Waals surface area (Å²) in [5, 5.41) is 6.88. The van der Waals surface area contributed by atoms with Crippen LogP contribution in [0.5, 0.6) is 0 Å². The van der Waals surface area contributed by atoms with Crippen LogP contribution in [0, 0.1) is 5.92 Å². The first kappa shape index (κ1) is 15.7. The van der Waals surface area contributed by atoms with Gasteiger partial charge in [0.05, 0.1) is 0 Å². The summed E-state index contributed by atoms with van der Waals surface area (Å²) in [5.41, 5.74) is 0.356. The minimum Gasteiger partial charge on any atom is -0.360 e. The van der Waals surface area contributed by atoms with Gasteiger partial charge >= 0.3 is 0 Å². The van der Waals surface area contributed by atoms with Crippen LogP contribution >= 0.6 is 0 Å². The van der Waals surface area contributed by atoms with E-state index in [4.69, 9.17) is 4.52 Å². The van der Waals surface area contributed by atoms with Gasteiger partial charge in [-0.05, 0) is 32.1 Å². The van der Waals surface area contributed by atoms with E-state index in [1.165, 1.54) is 19.3 Å². The van der Waals surface area contributed by atoms with Crippen LogP contribution in [0.3, 0.4) is 0 Å². The molecule has 2 amide bonds. The fourth-order valence-corrected chi connectivity index (χ4v) is 3.90. The van der Waals surface area contributed by atoms with Crippen LogP contribution in [-0.4, -0.2) is 41.0 Å². The molecule has 3 fully saturated rings. The number of carbonyl (C=O) groups excluding carboxylic acids is 2. The van der Waals surface area contributed by atoms with Gasteiger partial charge in [0, 0.05) is 37.0 Å². The third-order valence-electron chi connectivity index (χ3n) is 5.53. The second-order valence-corrected chi connectivity index (χ2v) is 7.47. The zero-order valence-corrected chi connectivity index (χ0v) is 14.0. The monoisotopic (exact) mass is 331 g/mol. The highest BCUT2D eigenvalue weighted by Crippen LogP contribution is 2.40. The molecule has 1 aliphatic heterocycles. The van der Waals surface area contributed by atoms with Crippen molar-refractivity contribution < 1.29 is 14.1 Å². The number of likely N-dealkylation sites (tertiary alicyclic amines) is 1. The predicted molar refractivity (Wildman–Crippen MR) is 87.5 cm³/mol. The summed E-state index contributed by atoms with van der Waals surface area (Å²) in [7, 11) is 0. The van der Waals surface area contributed by atoms with E-state index < -0.39 is 0 Å². The van der Waals surface area contributed by atoms with Gasteiger partial charge in [0.2, 0.25) is 5.91 Å². The Morgan fingerprint density at radius 1 is 1.12 bits per heavy atom. The number of amides is 2. The summed E-state index contributed by atoms with van der Waals surface area (Å²) in [6.45, 7) is 1.36. The van der Waals surface area contributed by atoms with Crippen LogP contribution < -0.4 is 5.32 Å². The molecule has 24 heavy (non-hydrogen) atoms. The van der Waals surface area contributed by atoms with E-state index in [1.807, 2.05) is 4.90 Å². The highest BCUT2D eigenvalue weighted by Gasteiger charge is 2.33. The summed E-state index contributed by atoms with van der Waals surface area (Å²) in [4.78, 5) is 26.8. The van der Waals surface area contributed by atoms with Gasteiger partial charge in [-0.2, -0.15) is 0 Å². The molecule has 0 radical (unpaired) electrons. The van der Waals surface area contributed by atoms with Crippen molar-refractivity contribution in [3.05, 3.63) is 17.5 Å². The molecule has 3 aliphatic rings. The Morgan fingerprint density at radius 3 is 2.67 bits per heavy atom. The summed E-state index contributed by atoms with van der Waals surface area (Å²) < 4.78 is 5.24. The van der Waals surface area contributed by atoms with Crippen molar-refractivity contribution in [2.75, 3.05) is 13.1 Å². The smallest absolute Gasteiger partial charge is 0.273 e. The van der Waals surface area contributed by atoms with Crippen molar-refractivity contribution in [2.24, 2.45) is 5.92 Å². The topological polar surface area (TPSA) is 75.4 Å². The van der Waals surface area contributed by atoms with E-state index in [-0.39, 0.29) is 23.8 Å². The summed E-state index contributed by atoms with van der Waals surface area (Å²) in [6.07, 6.45) is 8.69. The van der Waals surface area contributed by atoms with E-state index in [1.54, 1.807) is 6.07 Å². The quantitative estimate of drug-likeness (QED) is 0.919. The van der Waals surface area contributed by atoms with E-state index >= 15 is 0 Å². The molecular formula is C18H25N3O3. The summed E-state index contributed by atoms with van der Waals surface area (Å²) in [5.74, 6) is 1.56. The van der Waals surface area contributed by atoms with Gasteiger partial charge in [0.15, 0.2) is 5.69 Å². The molecule has 1 aromatic rings. The number of aromatic nitrogens is 1. The first-order valence-corrected chi connectivity index (χ1v) is 9.27. The van der Waals surface area contributed by atoms with Crippen molar-refractivity contribution in [3.63, 3.8) is 0 Å². The molecule has 1 N–H and O–H groups in total. The fraction of sp³-hybridized carbons (Fsp3) is 0.722. The second kappa shape index (κ2) is 6.57. The van der Waals surface area contributed by atoms with Crippen molar-refractivity contribution in [2.45, 2.75) is 63.3 Å². The van der Waals surface area contributed by atoms with Crippen molar-refractivity contribution in [1.82, 2.24) is 15.4 Å². The second-order valence-electron chi connectivity index (χ2n) is 7.47. The van der Waals surface area contributed by atoms with Gasteiger partial charge in [-0.25, -0.2) is 0 Å². The third kappa shape index (κ3) is 3.32. The minimum absolute atomic E-state index is 0.0196. The Kier molecular flexibility index (Phi) is 4.29. The van der Waals surface area contributed by atoms with E-state index in [0.717, 1.165) is 44.4 Å². The molecule has 1 atom stereocenters. The van der Waals surface area contributed by atoms with E-state index in [9.17, 15) is 9.59 Å². The number of nitrogens with one attached hydrogen (secondary N) is 1. The van der Waals surface area contributed by atoms with Gasteiger partial charge in [-0.15, -0.1) is 0 Å². The molecular weight excluding hydrogens is 306 g/mol. The summed E-state index contributed by atoms with van der Waals surface area (Å²) >= 11 is 0. The van der Waals surface area contributed by atoms with E-state index in [0.29, 0.717) is 18.2 Å². The average Bonchev–Trinajstić information content (AvgIpc) is 3.16. The highest BCUT2D eigenvalue weighted by molar-refractivity contribution is 5.92. The van der Waals surface area contributed by atoms with Crippen LogP contribution in [0.2, 0.25) is 0 Å². The molecule has 0 spiro atoms. The van der Waals surface area contributed by atoms with Gasteiger partial charge in [-0.1, -0.05) is 24.4 Å². The molecule has 0 aromatic carbocycles. The van der Waals surface area contributed by atoms with Crippen LogP contribution in [-0.2, 0) is 4.79 Å². The Bertz CT molecular complexity index is 617. The van der Waals surface area contributed by atoms with Gasteiger partial charge < -0.3 is 14.7 Å². The maximum Gasteiger partial charge on any atom is 0.273 e. The van der Waals surface area contributed by atoms with E-state index in [2.05, 4.69) is 10.5 Å². The molecule has 1 aromatic heterocycles. The lowest BCUT2D eigenvalue weighted by Crippen LogP contribution is -2.40. The Hall–Kier alpha value is -1.85. The van der Waals surface area contributed by atoms with Crippen LogP contribution in [0.1, 0.15) is 73.5 Å². The number of hydrogen-bond acceptors (Lipinski definition) is 4. The molecule has 2 saturated carbocycles. The SMILES string of the molecule is O=C(N[C@H]1CCN(C(=O)C2CCCCC2)C1)c1cc(C2CC2)on1. The van der Waals surface area contributed by atoms with Crippen LogP contribution in [0.4, 0.5) is 0 Å². The van der Waals surface area contributed by atoms with Gasteiger partial charge in [0.1, 0.15) is 5.76 Å². The maximum atomic E-state index is 12.6. The molecule has 0 unspecified atom stereocenters. The number of hydrogen-bond donors (Lipinski definition) is 1. The molecule has 0 bridgehead atoms. The Balaban J connectivity index is 1.29. The minimum atomic E-state index is -0.192. The largest absolute Gasteiger partial charge is 0.360 e. The zero-order valence-electron chi connectivity index (χ0n) is 14.0. The number of rotatable bonds is 4. The molecule has 2 aliphatic carbocycles. The molecule has 6 nitrogen and oxygen atoms in total. The maximum absolute atomic E-state index is 12.6. The molecule has 130 valence electrons. The zero-order chi connectivity index (χ0) is 16.5. The number of carbonyl (C=O) groups is 2. The molecule has 6 heteroatoms. The lowest BCUT2D eigenvalue weighted by atomic mass is 9.88. The summed E-state index contributed by atoms with van der Waals surface area (Å²) in [6, 6.07) is 1.78. The normalized spacial score (nSPS) is 25.0. The van der Waals surface area contributed by atoms with Gasteiger partial charge in [0.25, 0.3) is 5.91 Å². The third-order valence-corrected chi connectivity index (χ3v) is 5.53. The van der Waals surface area contributed by atoms with Crippen molar-refractivity contribution in [3.8, 4) is 0 Å². The lowest BCUT2D eigenvalue weighted by molar-refractivity contribution is -0.135. The first-order chi connectivity index (χ1) is 11.7. The highest BCUT2D eigenvalue weighted by atomic mass is 16.5. The van der Waals surface area contributed by atoms with Crippen LogP contribution in [0.15, 0.2) is 10.6 Å². The lowest BCUT2D eigenvalue weighted by Gasteiger charge is -2.26. The van der Waals surface area contributed by atoms with Crippen molar-refractivity contribution >= 4 is 11.8 Å². The van der Waals surface area contributed by atoms with Gasteiger partial charge in [-0.3, -0.25) is 9.59 Å². The molecule has 4 rings (SSSR count). The molecule has 2 heterocycles.